The quantitative estimate of drug-likeness (QED) is 0.144. The van der Waals surface area contributed by atoms with Crippen LogP contribution in [0.1, 0.15) is 97.1 Å². The van der Waals surface area contributed by atoms with Crippen molar-refractivity contribution in [1.29, 1.82) is 0 Å². The van der Waals surface area contributed by atoms with Crippen LogP contribution in [0.5, 0.6) is 5.75 Å². The zero-order valence-electron chi connectivity index (χ0n) is 24.1. The lowest BCUT2D eigenvalue weighted by Gasteiger charge is -2.42. The van der Waals surface area contributed by atoms with Crippen LogP contribution >= 0.6 is 0 Å². The van der Waals surface area contributed by atoms with Crippen molar-refractivity contribution in [2.24, 2.45) is 17.3 Å². The number of carbonyl (C=O) groups excluding carboxylic acids is 1. The topological polar surface area (TPSA) is 63.2 Å². The van der Waals surface area contributed by atoms with Crippen LogP contribution in [0.15, 0.2) is 18.2 Å². The van der Waals surface area contributed by atoms with Gasteiger partial charge in [-0.3, -0.25) is 4.79 Å². The fourth-order valence-corrected chi connectivity index (χ4v) is 6.33. The number of hydrogen-bond donors (Lipinski definition) is 0. The molecule has 0 saturated heterocycles. The molecule has 1 aromatic carbocycles. The first kappa shape index (κ1) is 29.9. The molecule has 0 bridgehead atoms. The van der Waals surface area contributed by atoms with Gasteiger partial charge in [0.2, 0.25) is 0 Å². The van der Waals surface area contributed by atoms with Crippen LogP contribution in [0.3, 0.4) is 0 Å². The van der Waals surface area contributed by atoms with Crippen molar-refractivity contribution >= 4 is 5.97 Å². The highest BCUT2D eigenvalue weighted by molar-refractivity contribution is 5.70. The van der Waals surface area contributed by atoms with Crippen LogP contribution in [0.4, 0.5) is 0 Å². The Morgan fingerprint density at radius 2 is 1.70 bits per heavy atom. The van der Waals surface area contributed by atoms with E-state index in [-0.39, 0.29) is 23.8 Å². The van der Waals surface area contributed by atoms with Gasteiger partial charge in [-0.15, -0.1) is 0 Å². The van der Waals surface area contributed by atoms with Crippen molar-refractivity contribution in [3.8, 4) is 5.75 Å². The fraction of sp³-hybridized carbons (Fsp3) is 0.774. The third-order valence-electron chi connectivity index (χ3n) is 8.45. The summed E-state index contributed by atoms with van der Waals surface area (Å²) in [7, 11) is 1.72. The van der Waals surface area contributed by atoms with Gasteiger partial charge in [0, 0.05) is 12.0 Å². The molecule has 1 aromatic rings. The number of rotatable bonds is 15. The molecule has 0 aromatic heterocycles. The first-order valence-corrected chi connectivity index (χ1v) is 14.5. The third-order valence-corrected chi connectivity index (χ3v) is 8.45. The molecule has 0 aliphatic heterocycles. The van der Waals surface area contributed by atoms with Crippen LogP contribution in [-0.2, 0) is 36.6 Å². The lowest BCUT2D eigenvalue weighted by Crippen LogP contribution is -2.43. The number of unbranched alkanes of at least 4 members (excludes halogenated alkanes) is 2. The molecule has 6 atom stereocenters. The zero-order valence-corrected chi connectivity index (χ0v) is 24.1. The van der Waals surface area contributed by atoms with Crippen LogP contribution in [0.2, 0.25) is 0 Å². The van der Waals surface area contributed by atoms with Gasteiger partial charge in [0.15, 0.2) is 12.6 Å². The molecular formula is C31H50O6. The Balaban J connectivity index is 1.73. The molecule has 6 nitrogen and oxygen atoms in total. The van der Waals surface area contributed by atoms with E-state index in [0.29, 0.717) is 31.5 Å². The molecule has 2 aliphatic rings. The van der Waals surface area contributed by atoms with Gasteiger partial charge >= 0.3 is 5.97 Å². The van der Waals surface area contributed by atoms with Gasteiger partial charge in [-0.2, -0.15) is 0 Å². The van der Waals surface area contributed by atoms with Gasteiger partial charge < -0.3 is 23.7 Å². The Morgan fingerprint density at radius 3 is 2.38 bits per heavy atom. The maximum absolute atomic E-state index is 13.2. The molecule has 2 aliphatic carbocycles. The maximum atomic E-state index is 13.2. The minimum Gasteiger partial charge on any atom is -0.497 e. The molecule has 0 amide bonds. The second-order valence-electron chi connectivity index (χ2n) is 11.2. The summed E-state index contributed by atoms with van der Waals surface area (Å²) in [5.41, 5.74) is 2.47. The van der Waals surface area contributed by atoms with Crippen LogP contribution in [0, 0.1) is 17.3 Å². The predicted molar refractivity (Wildman–Crippen MR) is 146 cm³/mol. The Morgan fingerprint density at radius 1 is 1.00 bits per heavy atom. The van der Waals surface area contributed by atoms with E-state index in [1.54, 1.807) is 7.11 Å². The highest BCUT2D eigenvalue weighted by Crippen LogP contribution is 2.53. The molecule has 0 N–H and O–H groups in total. The van der Waals surface area contributed by atoms with E-state index < -0.39 is 6.29 Å². The van der Waals surface area contributed by atoms with E-state index in [2.05, 4.69) is 39.0 Å². The Bertz CT molecular complexity index is 841. The fourth-order valence-electron chi connectivity index (χ4n) is 6.33. The first-order valence-electron chi connectivity index (χ1n) is 14.5. The molecule has 0 radical (unpaired) electrons. The molecule has 0 spiro atoms. The Labute approximate surface area is 224 Å². The first-order chi connectivity index (χ1) is 17.8. The molecular weight excluding hydrogens is 468 g/mol. The highest BCUT2D eigenvalue weighted by Gasteiger charge is 2.52. The van der Waals surface area contributed by atoms with E-state index >= 15 is 0 Å². The third kappa shape index (κ3) is 8.18. The standard InChI is InChI=1S/C31H50O6/c1-7-9-17-34-22(3)36-29-16-15-28(26-12-11-25-20-27(33-6)14-13-24(25)19-26)31(29,5)21-30(32)37-23(4)35-18-10-8-2/h13-14,20,22-23,26,28-29H,7-12,15-19,21H2,1-6H3. The van der Waals surface area contributed by atoms with E-state index in [0.717, 1.165) is 63.5 Å². The molecule has 6 heteroatoms. The number of carbonyl (C=O) groups is 1. The van der Waals surface area contributed by atoms with E-state index in [9.17, 15) is 4.79 Å². The Kier molecular flexibility index (Phi) is 11.7. The van der Waals surface area contributed by atoms with Gasteiger partial charge in [-0.1, -0.05) is 39.7 Å². The molecule has 1 fully saturated rings. The summed E-state index contributed by atoms with van der Waals surface area (Å²) in [6, 6.07) is 6.46. The summed E-state index contributed by atoms with van der Waals surface area (Å²) in [5.74, 6) is 1.60. The molecule has 1 saturated carbocycles. The van der Waals surface area contributed by atoms with Crippen molar-refractivity contribution < 1.29 is 28.5 Å². The monoisotopic (exact) mass is 518 g/mol. The van der Waals surface area contributed by atoms with Crippen LogP contribution in [0.25, 0.3) is 0 Å². The minimum atomic E-state index is -0.533. The summed E-state index contributed by atoms with van der Waals surface area (Å²) in [6.07, 6.45) is 8.75. The van der Waals surface area contributed by atoms with Gasteiger partial charge in [-0.05, 0) is 93.9 Å². The van der Waals surface area contributed by atoms with Crippen molar-refractivity contribution in [2.75, 3.05) is 20.3 Å². The van der Waals surface area contributed by atoms with E-state index in [4.69, 9.17) is 23.7 Å². The summed E-state index contributed by atoms with van der Waals surface area (Å²) in [5, 5.41) is 0. The summed E-state index contributed by atoms with van der Waals surface area (Å²) >= 11 is 0. The maximum Gasteiger partial charge on any atom is 0.308 e. The molecule has 6 unspecified atom stereocenters. The Hall–Kier alpha value is -1.63. The van der Waals surface area contributed by atoms with Gasteiger partial charge in [0.05, 0.1) is 26.2 Å². The predicted octanol–water partition coefficient (Wildman–Crippen LogP) is 6.86. The number of esters is 1. The highest BCUT2D eigenvalue weighted by atomic mass is 16.7. The smallest absolute Gasteiger partial charge is 0.308 e. The van der Waals surface area contributed by atoms with Crippen molar-refractivity contribution in [3.63, 3.8) is 0 Å². The summed E-state index contributed by atoms with van der Waals surface area (Å²) in [4.78, 5) is 13.2. The summed E-state index contributed by atoms with van der Waals surface area (Å²) in [6.45, 7) is 11.6. The van der Waals surface area contributed by atoms with E-state index in [1.165, 1.54) is 11.1 Å². The van der Waals surface area contributed by atoms with Crippen molar-refractivity contribution in [1.82, 2.24) is 0 Å². The lowest BCUT2D eigenvalue weighted by atomic mass is 9.65. The lowest BCUT2D eigenvalue weighted by molar-refractivity contribution is -0.198. The number of ether oxygens (including phenoxy) is 5. The van der Waals surface area contributed by atoms with Crippen molar-refractivity contribution in [2.45, 2.75) is 118 Å². The molecule has 3 rings (SSSR count). The van der Waals surface area contributed by atoms with Gasteiger partial charge in [-0.25, -0.2) is 0 Å². The molecule has 37 heavy (non-hydrogen) atoms. The van der Waals surface area contributed by atoms with Gasteiger partial charge in [0.1, 0.15) is 5.75 Å². The molecule has 0 heterocycles. The molecule has 210 valence electrons. The number of hydrogen-bond acceptors (Lipinski definition) is 6. The van der Waals surface area contributed by atoms with Crippen LogP contribution < -0.4 is 4.74 Å². The number of fused-ring (bicyclic) bond motifs is 1. The number of aryl methyl sites for hydroxylation is 1. The van der Waals surface area contributed by atoms with Gasteiger partial charge in [0.25, 0.3) is 0 Å². The average molecular weight is 519 g/mol. The average Bonchev–Trinajstić information content (AvgIpc) is 3.18. The number of methoxy groups -OCH3 is 1. The normalized spacial score (nSPS) is 26.9. The van der Waals surface area contributed by atoms with Crippen LogP contribution in [-0.4, -0.2) is 45.0 Å². The second-order valence-corrected chi connectivity index (χ2v) is 11.2. The zero-order chi connectivity index (χ0) is 26.8. The number of benzene rings is 1. The summed E-state index contributed by atoms with van der Waals surface area (Å²) < 4.78 is 29.3. The van der Waals surface area contributed by atoms with Crippen molar-refractivity contribution in [3.05, 3.63) is 29.3 Å². The SMILES string of the molecule is CCCCOC(C)OC(=O)CC1(C)C(OC(C)OCCCC)CCC1C1CCc2cc(OC)ccc2C1. The largest absolute Gasteiger partial charge is 0.497 e. The van der Waals surface area contributed by atoms with E-state index in [1.807, 2.05) is 13.8 Å². The minimum absolute atomic E-state index is 0.0461. The second kappa shape index (κ2) is 14.5.